The summed E-state index contributed by atoms with van der Waals surface area (Å²) < 4.78 is 5.03. The molecule has 0 aliphatic heterocycles. The number of methoxy groups -OCH3 is 1. The Morgan fingerprint density at radius 2 is 2.06 bits per heavy atom. The van der Waals surface area contributed by atoms with Gasteiger partial charge in [-0.3, -0.25) is 14.9 Å². The maximum atomic E-state index is 11.0. The highest BCUT2D eigenvalue weighted by molar-refractivity contribution is 5.95. The van der Waals surface area contributed by atoms with Gasteiger partial charge in [0.15, 0.2) is 0 Å². The molecule has 0 heterocycles. The van der Waals surface area contributed by atoms with Crippen molar-refractivity contribution in [1.82, 2.24) is 0 Å². The first-order valence-electron chi connectivity index (χ1n) is 4.56. The number of hydrogen-bond donors (Lipinski definition) is 0. The van der Waals surface area contributed by atoms with Crippen LogP contribution in [0.15, 0.2) is 30.0 Å². The molecule has 0 aliphatic rings. The summed E-state index contributed by atoms with van der Waals surface area (Å²) in [5.41, 5.74) is 0.0522. The summed E-state index contributed by atoms with van der Waals surface area (Å²) in [6.07, 6.45) is 1.21. The molecule has 0 atom stereocenters. The predicted molar refractivity (Wildman–Crippen MR) is 58.6 cm³/mol. The molecule has 0 saturated heterocycles. The smallest absolute Gasteiger partial charge is 0.312 e. The lowest BCUT2D eigenvalue weighted by atomic mass is 10.1. The number of Topliss-reactive ketones (excluding diaryl/α,β-unsaturated/α-hetero) is 1. The van der Waals surface area contributed by atoms with Crippen molar-refractivity contribution in [2.45, 2.75) is 6.92 Å². The van der Waals surface area contributed by atoms with Crippen LogP contribution in [0.1, 0.15) is 12.5 Å². The fourth-order valence-electron chi connectivity index (χ4n) is 1.22. The molecule has 1 aromatic rings. The number of carbonyl (C=O) groups is 1. The van der Waals surface area contributed by atoms with E-state index in [0.717, 1.165) is 6.92 Å². The van der Waals surface area contributed by atoms with Crippen LogP contribution in [0.25, 0.3) is 6.08 Å². The maximum Gasteiger partial charge on any atom is 0.312 e. The van der Waals surface area contributed by atoms with Gasteiger partial charge in [-0.2, -0.15) is 0 Å². The highest BCUT2D eigenvalue weighted by Crippen LogP contribution is 2.20. The van der Waals surface area contributed by atoms with Crippen molar-refractivity contribution >= 4 is 11.9 Å². The second kappa shape index (κ2) is 5.06. The number of allylic oxidation sites excluding steroid dienone is 1. The van der Waals surface area contributed by atoms with Crippen LogP contribution in [0, 0.1) is 10.1 Å². The third kappa shape index (κ3) is 2.66. The monoisotopic (exact) mass is 221 g/mol. The van der Waals surface area contributed by atoms with Crippen molar-refractivity contribution in [3.05, 3.63) is 45.6 Å². The first kappa shape index (κ1) is 11.9. The van der Waals surface area contributed by atoms with E-state index in [1.807, 2.05) is 0 Å². The molecule has 5 nitrogen and oxygen atoms in total. The molecule has 0 radical (unpaired) electrons. The molecule has 0 saturated carbocycles. The number of nitrogens with zero attached hydrogens (tertiary/aromatic N) is 1. The molecule has 0 aromatic heterocycles. The Bertz CT molecular complexity index is 435. The minimum Gasteiger partial charge on any atom is -0.496 e. The van der Waals surface area contributed by atoms with Gasteiger partial charge in [0, 0.05) is 18.6 Å². The zero-order valence-corrected chi connectivity index (χ0v) is 8.97. The van der Waals surface area contributed by atoms with Gasteiger partial charge in [0.25, 0.3) is 0 Å². The van der Waals surface area contributed by atoms with Crippen molar-refractivity contribution in [1.29, 1.82) is 0 Å². The second-order valence-corrected chi connectivity index (χ2v) is 3.08. The van der Waals surface area contributed by atoms with Gasteiger partial charge >= 0.3 is 5.70 Å². The fourth-order valence-corrected chi connectivity index (χ4v) is 1.22. The fraction of sp³-hybridized carbons (Fsp3) is 0.182. The average molecular weight is 221 g/mol. The Kier molecular flexibility index (Phi) is 3.77. The van der Waals surface area contributed by atoms with Gasteiger partial charge in [-0.1, -0.05) is 18.2 Å². The number of hydrogen-bond acceptors (Lipinski definition) is 4. The zero-order valence-electron chi connectivity index (χ0n) is 8.97. The lowest BCUT2D eigenvalue weighted by Crippen LogP contribution is -2.07. The van der Waals surface area contributed by atoms with Crippen LogP contribution in [-0.2, 0) is 4.79 Å². The van der Waals surface area contributed by atoms with Crippen molar-refractivity contribution in [3.8, 4) is 5.75 Å². The number of benzene rings is 1. The van der Waals surface area contributed by atoms with Gasteiger partial charge in [-0.05, 0) is 6.07 Å². The normalized spacial score (nSPS) is 11.0. The predicted octanol–water partition coefficient (Wildman–Crippen LogP) is 1.90. The molecule has 0 N–H and O–H groups in total. The molecule has 0 spiro atoms. The maximum absolute atomic E-state index is 11.0. The molecular weight excluding hydrogens is 210 g/mol. The van der Waals surface area contributed by atoms with Crippen LogP contribution in [0.4, 0.5) is 0 Å². The Morgan fingerprint density at radius 1 is 1.44 bits per heavy atom. The lowest BCUT2D eigenvalue weighted by molar-refractivity contribution is -0.417. The molecule has 84 valence electrons. The van der Waals surface area contributed by atoms with Gasteiger partial charge in [-0.15, -0.1) is 0 Å². The first-order chi connectivity index (χ1) is 7.56. The SMILES string of the molecule is COc1ccccc1/C=C(\C(C)=O)[N+](=O)[O-]. The number of ether oxygens (including phenoxy) is 1. The summed E-state index contributed by atoms with van der Waals surface area (Å²) >= 11 is 0. The Balaban J connectivity index is 3.23. The molecular formula is C11H11NO4. The number of ketones is 1. The van der Waals surface area contributed by atoms with E-state index in [9.17, 15) is 14.9 Å². The number of rotatable bonds is 4. The van der Waals surface area contributed by atoms with E-state index in [0.29, 0.717) is 11.3 Å². The van der Waals surface area contributed by atoms with Crippen LogP contribution in [0.3, 0.4) is 0 Å². The van der Waals surface area contributed by atoms with Crippen LogP contribution >= 0.6 is 0 Å². The van der Waals surface area contributed by atoms with E-state index >= 15 is 0 Å². The summed E-state index contributed by atoms with van der Waals surface area (Å²) in [6.45, 7) is 1.16. The standard InChI is InChI=1S/C11H11NO4/c1-8(13)10(12(14)15)7-9-5-3-4-6-11(9)16-2/h3-7H,1-2H3/b10-7+. The van der Waals surface area contributed by atoms with Gasteiger partial charge in [0.1, 0.15) is 5.75 Å². The summed E-state index contributed by atoms with van der Waals surface area (Å²) in [6, 6.07) is 6.77. The third-order valence-electron chi connectivity index (χ3n) is 1.99. The van der Waals surface area contributed by atoms with Gasteiger partial charge < -0.3 is 4.74 Å². The van der Waals surface area contributed by atoms with Crippen molar-refractivity contribution in [2.75, 3.05) is 7.11 Å². The molecule has 1 aromatic carbocycles. The van der Waals surface area contributed by atoms with Gasteiger partial charge in [0.2, 0.25) is 5.78 Å². The lowest BCUT2D eigenvalue weighted by Gasteiger charge is -2.03. The minimum atomic E-state index is -0.700. The third-order valence-corrected chi connectivity index (χ3v) is 1.99. The average Bonchev–Trinajstić information content (AvgIpc) is 2.25. The zero-order chi connectivity index (χ0) is 12.1. The minimum absolute atomic E-state index is 0.454. The quantitative estimate of drug-likeness (QED) is 0.442. The first-order valence-corrected chi connectivity index (χ1v) is 4.56. The number of nitro groups is 1. The van der Waals surface area contributed by atoms with Crippen LogP contribution in [0.2, 0.25) is 0 Å². The Morgan fingerprint density at radius 3 is 2.56 bits per heavy atom. The summed E-state index contributed by atoms with van der Waals surface area (Å²) in [5, 5.41) is 10.6. The van der Waals surface area contributed by atoms with Gasteiger partial charge in [-0.25, -0.2) is 0 Å². The highest BCUT2D eigenvalue weighted by atomic mass is 16.6. The molecule has 0 bridgehead atoms. The number of para-hydroxylation sites is 1. The summed E-state index contributed by atoms with van der Waals surface area (Å²) in [7, 11) is 1.46. The Labute approximate surface area is 92.5 Å². The van der Waals surface area contributed by atoms with E-state index in [2.05, 4.69) is 0 Å². The van der Waals surface area contributed by atoms with E-state index in [-0.39, 0.29) is 0 Å². The molecule has 5 heteroatoms. The van der Waals surface area contributed by atoms with Gasteiger partial charge in [0.05, 0.1) is 12.0 Å². The van der Waals surface area contributed by atoms with Crippen molar-refractivity contribution < 1.29 is 14.5 Å². The van der Waals surface area contributed by atoms with E-state index in [1.54, 1.807) is 24.3 Å². The molecule has 0 amide bonds. The highest BCUT2D eigenvalue weighted by Gasteiger charge is 2.17. The molecule has 0 fully saturated rings. The molecule has 0 aliphatic carbocycles. The van der Waals surface area contributed by atoms with Crippen molar-refractivity contribution in [2.24, 2.45) is 0 Å². The summed E-state index contributed by atoms with van der Waals surface area (Å²) in [5.74, 6) is -0.0981. The molecule has 1 rings (SSSR count). The largest absolute Gasteiger partial charge is 0.496 e. The van der Waals surface area contributed by atoms with Crippen LogP contribution in [-0.4, -0.2) is 17.8 Å². The number of carbonyl (C=O) groups excluding carboxylic acids is 1. The van der Waals surface area contributed by atoms with E-state index in [4.69, 9.17) is 4.74 Å². The van der Waals surface area contributed by atoms with E-state index in [1.165, 1.54) is 13.2 Å². The van der Waals surface area contributed by atoms with Crippen molar-refractivity contribution in [3.63, 3.8) is 0 Å². The summed E-state index contributed by atoms with van der Waals surface area (Å²) in [4.78, 5) is 21.0. The second-order valence-electron chi connectivity index (χ2n) is 3.08. The topological polar surface area (TPSA) is 69.4 Å². The van der Waals surface area contributed by atoms with Crippen LogP contribution < -0.4 is 4.74 Å². The molecule has 0 unspecified atom stereocenters. The van der Waals surface area contributed by atoms with Crippen LogP contribution in [0.5, 0.6) is 5.75 Å². The van der Waals surface area contributed by atoms with E-state index < -0.39 is 16.4 Å². The molecule has 16 heavy (non-hydrogen) atoms. The Hall–Kier alpha value is -2.17.